The monoisotopic (exact) mass is 452 g/mol. The van der Waals surface area contributed by atoms with E-state index in [-0.39, 0.29) is 29.6 Å². The highest BCUT2D eigenvalue weighted by Gasteiger charge is 2.16. The molecule has 0 bridgehead atoms. The molecule has 0 aliphatic rings. The summed E-state index contributed by atoms with van der Waals surface area (Å²) in [5.41, 5.74) is 1.41. The molecule has 0 saturated carbocycles. The van der Waals surface area contributed by atoms with Gasteiger partial charge in [0.25, 0.3) is 0 Å². The fourth-order valence-electron chi connectivity index (χ4n) is 2.41. The molecule has 0 heterocycles. The van der Waals surface area contributed by atoms with Crippen LogP contribution in [0.2, 0.25) is 0 Å². The number of hydrogen-bond donors (Lipinski definition) is 1. The summed E-state index contributed by atoms with van der Waals surface area (Å²) in [6.45, 7) is 1.84. The second-order valence-electron chi connectivity index (χ2n) is 6.07. The predicted octanol–water partition coefficient (Wildman–Crippen LogP) is 2.98. The molecule has 2 aromatic carbocycles. The number of nitrogens with one attached hydrogen (secondary N) is 1. The highest BCUT2D eigenvalue weighted by molar-refractivity contribution is 9.10. The molecular formula is C19H21BrN2O4S. The molecule has 0 spiro atoms. The van der Waals surface area contributed by atoms with Gasteiger partial charge < -0.3 is 4.90 Å². The molecule has 0 aliphatic carbocycles. The van der Waals surface area contributed by atoms with Crippen LogP contribution < -0.4 is 4.72 Å². The average molecular weight is 453 g/mol. The first-order valence-electron chi connectivity index (χ1n) is 8.29. The number of carbonyl (C=O) groups is 2. The van der Waals surface area contributed by atoms with Gasteiger partial charge in [-0.2, -0.15) is 0 Å². The van der Waals surface area contributed by atoms with Crippen LogP contribution >= 0.6 is 15.9 Å². The maximum Gasteiger partial charge on any atom is 0.240 e. The number of sulfonamides is 1. The van der Waals surface area contributed by atoms with Crippen LogP contribution in [0.15, 0.2) is 57.9 Å². The number of carbonyl (C=O) groups excluding carboxylic acids is 2. The number of Topliss-reactive ketones (excluding diaryl/α,β-unsaturated/α-hetero) is 1. The van der Waals surface area contributed by atoms with Crippen molar-refractivity contribution < 1.29 is 18.0 Å². The largest absolute Gasteiger partial charge is 0.341 e. The second kappa shape index (κ2) is 9.25. The third-order valence-electron chi connectivity index (χ3n) is 3.99. The molecular weight excluding hydrogens is 432 g/mol. The summed E-state index contributed by atoms with van der Waals surface area (Å²) in [7, 11) is -2.05. The molecule has 1 N–H and O–H groups in total. The van der Waals surface area contributed by atoms with Crippen LogP contribution in [-0.4, -0.2) is 38.6 Å². The Balaban J connectivity index is 1.89. The molecule has 0 fully saturated rings. The molecule has 1 amide bonds. The Hall–Kier alpha value is -2.03. The van der Waals surface area contributed by atoms with Gasteiger partial charge in [0, 0.05) is 36.6 Å². The van der Waals surface area contributed by atoms with Gasteiger partial charge in [-0.1, -0.05) is 46.3 Å². The van der Waals surface area contributed by atoms with E-state index in [4.69, 9.17) is 0 Å². The lowest BCUT2D eigenvalue weighted by Crippen LogP contribution is -2.32. The van der Waals surface area contributed by atoms with Crippen molar-refractivity contribution in [2.24, 2.45) is 0 Å². The summed E-state index contributed by atoms with van der Waals surface area (Å²) in [6.07, 6.45) is 0.0473. The number of nitrogens with zero attached hydrogens (tertiary/aromatic N) is 1. The Bertz CT molecular complexity index is 927. The van der Waals surface area contributed by atoms with Crippen molar-refractivity contribution in [3.05, 3.63) is 64.1 Å². The van der Waals surface area contributed by atoms with E-state index in [2.05, 4.69) is 20.7 Å². The van der Waals surface area contributed by atoms with Gasteiger partial charge in [0.1, 0.15) is 0 Å². The van der Waals surface area contributed by atoms with Gasteiger partial charge in [-0.05, 0) is 30.7 Å². The summed E-state index contributed by atoms with van der Waals surface area (Å²) >= 11 is 3.44. The van der Waals surface area contributed by atoms with Crippen molar-refractivity contribution in [2.45, 2.75) is 24.8 Å². The Kier molecular flexibility index (Phi) is 7.29. The lowest BCUT2D eigenvalue weighted by molar-refractivity contribution is -0.130. The smallest absolute Gasteiger partial charge is 0.240 e. The minimum atomic E-state index is -3.73. The van der Waals surface area contributed by atoms with Gasteiger partial charge in [-0.3, -0.25) is 9.59 Å². The summed E-state index contributed by atoms with van der Waals surface area (Å²) in [5.74, 6) is -0.300. The maximum atomic E-state index is 12.3. The van der Waals surface area contributed by atoms with Crippen molar-refractivity contribution in [1.29, 1.82) is 0 Å². The van der Waals surface area contributed by atoms with Gasteiger partial charge in [0.2, 0.25) is 15.9 Å². The number of hydrogen-bond acceptors (Lipinski definition) is 4. The Labute approximate surface area is 167 Å². The zero-order chi connectivity index (χ0) is 20.0. The van der Waals surface area contributed by atoms with Crippen molar-refractivity contribution in [1.82, 2.24) is 9.62 Å². The standard InChI is InChI=1S/C19H21BrN2O4S/c1-14(23)15-7-9-17(10-8-15)27(25,26)21-12-11-19(24)22(2)13-16-5-3-4-6-18(16)20/h3-10,21H,11-13H2,1-2H3. The third-order valence-corrected chi connectivity index (χ3v) is 6.24. The van der Waals surface area contributed by atoms with Crippen LogP contribution in [0.4, 0.5) is 0 Å². The number of halogens is 1. The van der Waals surface area contributed by atoms with Gasteiger partial charge >= 0.3 is 0 Å². The highest BCUT2D eigenvalue weighted by atomic mass is 79.9. The van der Waals surface area contributed by atoms with E-state index in [0.29, 0.717) is 12.1 Å². The molecule has 8 heteroatoms. The van der Waals surface area contributed by atoms with E-state index < -0.39 is 10.0 Å². The zero-order valence-electron chi connectivity index (χ0n) is 15.1. The molecule has 27 heavy (non-hydrogen) atoms. The number of ketones is 1. The molecule has 2 rings (SSSR count). The quantitative estimate of drug-likeness (QED) is 0.623. The van der Waals surface area contributed by atoms with Gasteiger partial charge in [0.05, 0.1) is 4.90 Å². The molecule has 0 aromatic heterocycles. The summed E-state index contributed by atoms with van der Waals surface area (Å²) in [4.78, 5) is 25.1. The number of amides is 1. The first-order valence-corrected chi connectivity index (χ1v) is 10.6. The van der Waals surface area contributed by atoms with Crippen molar-refractivity contribution in [3.8, 4) is 0 Å². The number of benzene rings is 2. The van der Waals surface area contributed by atoms with E-state index in [1.165, 1.54) is 31.2 Å². The van der Waals surface area contributed by atoms with Crippen LogP contribution in [0.3, 0.4) is 0 Å². The van der Waals surface area contributed by atoms with Crippen molar-refractivity contribution in [2.75, 3.05) is 13.6 Å². The molecule has 0 unspecified atom stereocenters. The fraction of sp³-hybridized carbons (Fsp3) is 0.263. The Morgan fingerprint density at radius 2 is 1.70 bits per heavy atom. The first-order chi connectivity index (χ1) is 12.7. The van der Waals surface area contributed by atoms with Crippen molar-refractivity contribution in [3.63, 3.8) is 0 Å². The summed E-state index contributed by atoms with van der Waals surface area (Å²) in [5, 5.41) is 0. The van der Waals surface area contributed by atoms with Crippen molar-refractivity contribution >= 4 is 37.6 Å². The second-order valence-corrected chi connectivity index (χ2v) is 8.69. The summed E-state index contributed by atoms with van der Waals surface area (Å²) < 4.78 is 27.9. The van der Waals surface area contributed by atoms with Crippen LogP contribution in [0, 0.1) is 0 Å². The normalized spacial score (nSPS) is 11.2. The SMILES string of the molecule is CC(=O)c1ccc(S(=O)(=O)NCCC(=O)N(C)Cc2ccccc2Br)cc1. The average Bonchev–Trinajstić information content (AvgIpc) is 2.63. The van der Waals surface area contributed by atoms with E-state index >= 15 is 0 Å². The molecule has 6 nitrogen and oxygen atoms in total. The van der Waals surface area contributed by atoms with E-state index in [1.807, 2.05) is 24.3 Å². The maximum absolute atomic E-state index is 12.3. The van der Waals surface area contributed by atoms with Gasteiger partial charge in [-0.15, -0.1) is 0 Å². The minimum Gasteiger partial charge on any atom is -0.341 e. The van der Waals surface area contributed by atoms with E-state index in [0.717, 1.165) is 10.0 Å². The lowest BCUT2D eigenvalue weighted by atomic mass is 10.2. The molecule has 0 aliphatic heterocycles. The van der Waals surface area contributed by atoms with E-state index in [9.17, 15) is 18.0 Å². The number of rotatable bonds is 8. The molecule has 0 saturated heterocycles. The Morgan fingerprint density at radius 3 is 2.30 bits per heavy atom. The lowest BCUT2D eigenvalue weighted by Gasteiger charge is -2.18. The first kappa shape index (κ1) is 21.3. The third kappa shape index (κ3) is 5.98. The highest BCUT2D eigenvalue weighted by Crippen LogP contribution is 2.17. The topological polar surface area (TPSA) is 83.5 Å². The minimum absolute atomic E-state index is 0.00404. The molecule has 0 atom stereocenters. The zero-order valence-corrected chi connectivity index (χ0v) is 17.5. The Morgan fingerprint density at radius 1 is 1.07 bits per heavy atom. The predicted molar refractivity (Wildman–Crippen MR) is 107 cm³/mol. The van der Waals surface area contributed by atoms with E-state index in [1.54, 1.807) is 11.9 Å². The fourth-order valence-corrected chi connectivity index (χ4v) is 3.85. The van der Waals surface area contributed by atoms with Crippen LogP contribution in [0.1, 0.15) is 29.3 Å². The van der Waals surface area contributed by atoms with Crippen LogP contribution in [0.25, 0.3) is 0 Å². The van der Waals surface area contributed by atoms with Gasteiger partial charge in [0.15, 0.2) is 5.78 Å². The molecule has 2 aromatic rings. The molecule has 144 valence electrons. The van der Waals surface area contributed by atoms with Crippen LogP contribution in [0.5, 0.6) is 0 Å². The van der Waals surface area contributed by atoms with Crippen LogP contribution in [-0.2, 0) is 21.4 Å². The summed E-state index contributed by atoms with van der Waals surface area (Å²) in [6, 6.07) is 13.3. The van der Waals surface area contributed by atoms with Gasteiger partial charge in [-0.25, -0.2) is 13.1 Å². The molecule has 0 radical (unpaired) electrons.